The van der Waals surface area contributed by atoms with Crippen molar-refractivity contribution < 1.29 is 0 Å². The van der Waals surface area contributed by atoms with E-state index in [0.717, 1.165) is 0 Å². The number of fused-ring (bicyclic) bond motifs is 1. The van der Waals surface area contributed by atoms with Crippen LogP contribution in [-0.4, -0.2) is 0 Å². The Hall–Kier alpha value is -2.08. The van der Waals surface area contributed by atoms with E-state index in [1.807, 2.05) is 0 Å². The van der Waals surface area contributed by atoms with E-state index in [0.29, 0.717) is 0 Å². The lowest BCUT2D eigenvalue weighted by molar-refractivity contribution is 1.48. The molecule has 0 unspecified atom stereocenters. The third kappa shape index (κ3) is 2.04. The second-order valence-corrected chi connectivity index (χ2v) is 5.28. The fourth-order valence-corrected chi connectivity index (χ4v) is 2.72. The van der Waals surface area contributed by atoms with Gasteiger partial charge in [-0.1, -0.05) is 60.2 Å². The molecule has 0 aliphatic rings. The van der Waals surface area contributed by atoms with Crippen LogP contribution in [0.4, 0.5) is 0 Å². The molecule has 0 radical (unpaired) electrons. The summed E-state index contributed by atoms with van der Waals surface area (Å²) in [5.74, 6) is 0. The topological polar surface area (TPSA) is 0 Å². The Morgan fingerprint density at radius 1 is 0.632 bits per heavy atom. The summed E-state index contributed by atoms with van der Waals surface area (Å²) in [7, 11) is 0. The molecule has 3 aromatic carbocycles. The minimum atomic E-state index is 1.27. The summed E-state index contributed by atoms with van der Waals surface area (Å²) in [6, 6.07) is 19.8. The number of rotatable bonds is 0. The summed E-state index contributed by atoms with van der Waals surface area (Å²) in [6.07, 6.45) is 0. The third-order valence-corrected chi connectivity index (χ3v) is 3.89. The molecule has 19 heavy (non-hydrogen) atoms. The molecule has 0 spiro atoms. The van der Waals surface area contributed by atoms with Gasteiger partial charge in [0.25, 0.3) is 0 Å². The van der Waals surface area contributed by atoms with Crippen molar-refractivity contribution in [3.05, 3.63) is 71.3 Å². The second kappa shape index (κ2) is 4.55. The Bertz CT molecular complexity index is 795. The zero-order chi connectivity index (χ0) is 13.4. The Morgan fingerprint density at radius 2 is 1.37 bits per heavy atom. The molecule has 0 aliphatic carbocycles. The standard InChI is InChI=1S/C19H18/c1-13-5-4-6-17-10-8-14(2)18-12-11-16(9-7-13)15(3)19(17)18/h4-12H,1-3H3. The monoisotopic (exact) mass is 246 g/mol. The molecule has 0 nitrogen and oxygen atoms in total. The maximum Gasteiger partial charge on any atom is -0.00735 e. The van der Waals surface area contributed by atoms with E-state index in [9.17, 15) is 0 Å². The molecule has 0 atom stereocenters. The first-order valence-corrected chi connectivity index (χ1v) is 6.73. The highest BCUT2D eigenvalue weighted by molar-refractivity contribution is 6.05. The summed E-state index contributed by atoms with van der Waals surface area (Å²) in [5.41, 5.74) is 3.98. The molecule has 0 fully saturated rings. The van der Waals surface area contributed by atoms with Crippen LogP contribution in [0.1, 0.15) is 16.7 Å². The highest BCUT2D eigenvalue weighted by atomic mass is 14.1. The summed E-state index contributed by atoms with van der Waals surface area (Å²) in [5, 5.41) is 5.35. The quantitative estimate of drug-likeness (QED) is 0.492. The lowest BCUT2D eigenvalue weighted by Crippen LogP contribution is -1.84. The summed E-state index contributed by atoms with van der Waals surface area (Å²) >= 11 is 0. The van der Waals surface area contributed by atoms with Crippen molar-refractivity contribution in [1.82, 2.24) is 0 Å². The number of benzene rings is 2. The van der Waals surface area contributed by atoms with Gasteiger partial charge >= 0.3 is 0 Å². The molecule has 3 rings (SSSR count). The van der Waals surface area contributed by atoms with Crippen LogP contribution in [0.3, 0.4) is 0 Å². The molecule has 3 aromatic rings. The van der Waals surface area contributed by atoms with Gasteiger partial charge in [0.05, 0.1) is 0 Å². The van der Waals surface area contributed by atoms with Gasteiger partial charge in [-0.3, -0.25) is 0 Å². The molecule has 0 saturated heterocycles. The van der Waals surface area contributed by atoms with Gasteiger partial charge in [-0.2, -0.15) is 0 Å². The van der Waals surface area contributed by atoms with Crippen molar-refractivity contribution in [3.8, 4) is 0 Å². The molecular weight excluding hydrogens is 228 g/mol. The molecule has 0 N–H and O–H groups in total. The smallest absolute Gasteiger partial charge is 0.00735 e. The molecule has 94 valence electrons. The van der Waals surface area contributed by atoms with Gasteiger partial charge in [0, 0.05) is 0 Å². The molecule has 0 amide bonds. The molecule has 0 saturated carbocycles. The van der Waals surface area contributed by atoms with Crippen LogP contribution in [-0.2, 0) is 0 Å². The third-order valence-electron chi connectivity index (χ3n) is 3.89. The normalized spacial score (nSPS) is 10.9. The maximum atomic E-state index is 2.25. The predicted molar refractivity (Wildman–Crippen MR) is 84.5 cm³/mol. The van der Waals surface area contributed by atoms with Crippen molar-refractivity contribution in [2.45, 2.75) is 20.8 Å². The number of hydrogen-bond donors (Lipinski definition) is 0. The van der Waals surface area contributed by atoms with Gasteiger partial charge in [0.1, 0.15) is 0 Å². The minimum Gasteiger partial charge on any atom is -0.0614 e. The first-order valence-electron chi connectivity index (χ1n) is 6.73. The zero-order valence-electron chi connectivity index (χ0n) is 11.7. The number of hydrogen-bond acceptors (Lipinski definition) is 0. The van der Waals surface area contributed by atoms with Gasteiger partial charge in [-0.25, -0.2) is 0 Å². The van der Waals surface area contributed by atoms with Crippen LogP contribution in [0, 0.1) is 20.8 Å². The van der Waals surface area contributed by atoms with Gasteiger partial charge in [-0.15, -0.1) is 0 Å². The SMILES string of the molecule is Cc1cccc2ccc(C)c3ccc(cc1)c(C)c23. The first-order chi connectivity index (χ1) is 9.16. The van der Waals surface area contributed by atoms with E-state index in [4.69, 9.17) is 0 Å². The van der Waals surface area contributed by atoms with E-state index in [1.54, 1.807) is 0 Å². The molecular formula is C19H18. The van der Waals surface area contributed by atoms with Crippen LogP contribution in [0.2, 0.25) is 0 Å². The average molecular weight is 246 g/mol. The minimum absolute atomic E-state index is 1.27. The lowest BCUT2D eigenvalue weighted by Gasteiger charge is -2.09. The van der Waals surface area contributed by atoms with Crippen LogP contribution in [0.5, 0.6) is 0 Å². The predicted octanol–water partition coefficient (Wildman–Crippen LogP) is 5.48. The van der Waals surface area contributed by atoms with Gasteiger partial charge in [0.15, 0.2) is 0 Å². The summed E-state index contributed by atoms with van der Waals surface area (Å²) in [4.78, 5) is 0. The Balaban J connectivity index is 2.62. The van der Waals surface area contributed by atoms with Crippen LogP contribution in [0.25, 0.3) is 21.5 Å². The molecule has 0 heteroatoms. The highest BCUT2D eigenvalue weighted by Gasteiger charge is 2.04. The van der Waals surface area contributed by atoms with E-state index in [-0.39, 0.29) is 0 Å². The molecule has 2 bridgehead atoms. The first kappa shape index (κ1) is 12.0. The van der Waals surface area contributed by atoms with Crippen molar-refractivity contribution in [1.29, 1.82) is 0 Å². The summed E-state index contributed by atoms with van der Waals surface area (Å²) < 4.78 is 0. The zero-order valence-corrected chi connectivity index (χ0v) is 11.7. The lowest BCUT2D eigenvalue weighted by atomic mass is 9.96. The summed E-state index contributed by atoms with van der Waals surface area (Å²) in [6.45, 7) is 6.53. The van der Waals surface area contributed by atoms with Crippen molar-refractivity contribution in [3.63, 3.8) is 0 Å². The van der Waals surface area contributed by atoms with Crippen LogP contribution >= 0.6 is 0 Å². The Labute approximate surface area is 114 Å². The number of aryl methyl sites for hydroxylation is 3. The van der Waals surface area contributed by atoms with Gasteiger partial charge in [0.2, 0.25) is 0 Å². The van der Waals surface area contributed by atoms with E-state index in [1.165, 1.54) is 38.2 Å². The van der Waals surface area contributed by atoms with Crippen LogP contribution < -0.4 is 0 Å². The van der Waals surface area contributed by atoms with Crippen LogP contribution in [0.15, 0.2) is 54.6 Å². The average Bonchev–Trinajstić information content (AvgIpc) is 2.39. The second-order valence-electron chi connectivity index (χ2n) is 5.28. The maximum absolute atomic E-state index is 2.25. The molecule has 0 heterocycles. The molecule has 0 aliphatic heterocycles. The highest BCUT2D eigenvalue weighted by Crippen LogP contribution is 2.29. The van der Waals surface area contributed by atoms with E-state index in [2.05, 4.69) is 75.4 Å². The Morgan fingerprint density at radius 3 is 2.21 bits per heavy atom. The van der Waals surface area contributed by atoms with Crippen molar-refractivity contribution in [2.75, 3.05) is 0 Å². The fraction of sp³-hybridized carbons (Fsp3) is 0.158. The van der Waals surface area contributed by atoms with E-state index < -0.39 is 0 Å². The van der Waals surface area contributed by atoms with Crippen molar-refractivity contribution in [2.24, 2.45) is 0 Å². The fourth-order valence-electron chi connectivity index (χ4n) is 2.72. The van der Waals surface area contributed by atoms with E-state index >= 15 is 0 Å². The largest absolute Gasteiger partial charge is 0.0614 e. The van der Waals surface area contributed by atoms with Crippen molar-refractivity contribution >= 4 is 21.5 Å². The van der Waals surface area contributed by atoms with Gasteiger partial charge < -0.3 is 0 Å². The van der Waals surface area contributed by atoms with Gasteiger partial charge in [-0.05, 0) is 53.4 Å². The molecule has 0 aromatic heterocycles. The Kier molecular flexibility index (Phi) is 2.87.